The smallest absolute Gasteiger partial charge is 0.270 e. The van der Waals surface area contributed by atoms with Crippen molar-refractivity contribution >= 4 is 51.2 Å². The number of benzene rings is 3. The minimum atomic E-state index is -0.738. The first kappa shape index (κ1) is 28.7. The van der Waals surface area contributed by atoms with E-state index in [9.17, 15) is 25.0 Å². The number of nitro groups is 1. The summed E-state index contributed by atoms with van der Waals surface area (Å²) in [6.45, 7) is 0.284. The molecule has 43 heavy (non-hydrogen) atoms. The van der Waals surface area contributed by atoms with Crippen molar-refractivity contribution in [3.8, 4) is 17.6 Å². The average molecular weight is 594 g/mol. The van der Waals surface area contributed by atoms with Crippen LogP contribution in [0, 0.1) is 21.4 Å². The SMILES string of the molecule is COc1ccc(C(=O)N(C(=O)c2ccc(OC)cc2)c2nc3ccc([N+](=O)[O-])cc3c(NCc3cccs3)c2C#N)cc1. The van der Waals surface area contributed by atoms with Crippen molar-refractivity contribution in [2.45, 2.75) is 6.54 Å². The van der Waals surface area contributed by atoms with Crippen molar-refractivity contribution in [1.29, 1.82) is 5.26 Å². The number of nitrogens with zero attached hydrogens (tertiary/aromatic N) is 4. The average Bonchev–Trinajstić information content (AvgIpc) is 3.57. The van der Waals surface area contributed by atoms with E-state index in [-0.39, 0.29) is 45.9 Å². The summed E-state index contributed by atoms with van der Waals surface area (Å²) in [6.07, 6.45) is 0. The Hall–Kier alpha value is -5.80. The Morgan fingerprint density at radius 3 is 2.07 bits per heavy atom. The highest BCUT2D eigenvalue weighted by Gasteiger charge is 2.32. The Morgan fingerprint density at radius 1 is 0.977 bits per heavy atom. The van der Waals surface area contributed by atoms with E-state index >= 15 is 0 Å². The fraction of sp³-hybridized carbons (Fsp3) is 0.0968. The van der Waals surface area contributed by atoms with Crippen LogP contribution >= 0.6 is 11.3 Å². The minimum absolute atomic E-state index is 0.131. The van der Waals surface area contributed by atoms with Gasteiger partial charge in [-0.1, -0.05) is 6.07 Å². The fourth-order valence-corrected chi connectivity index (χ4v) is 5.05. The topological polar surface area (TPSA) is 148 Å². The van der Waals surface area contributed by atoms with E-state index in [0.717, 1.165) is 9.78 Å². The maximum Gasteiger partial charge on any atom is 0.270 e. The highest BCUT2D eigenvalue weighted by molar-refractivity contribution is 7.09. The molecule has 0 saturated heterocycles. The first-order valence-corrected chi connectivity index (χ1v) is 13.7. The predicted molar refractivity (Wildman–Crippen MR) is 162 cm³/mol. The van der Waals surface area contributed by atoms with Crippen molar-refractivity contribution < 1.29 is 24.0 Å². The van der Waals surface area contributed by atoms with E-state index in [1.54, 1.807) is 24.3 Å². The standard InChI is InChI=1S/C31H23N5O6S/c1-41-22-10-5-19(6-11-22)30(37)35(31(38)20-7-12-23(42-2)13-8-20)29-26(17-32)28(33-18-24-4-3-15-43-24)25-16-21(36(39)40)9-14-27(25)34-29/h3-16H,18H2,1-2H3,(H,33,34). The van der Waals surface area contributed by atoms with Gasteiger partial charge in [-0.3, -0.25) is 19.7 Å². The summed E-state index contributed by atoms with van der Waals surface area (Å²) in [7, 11) is 2.98. The molecule has 0 atom stereocenters. The van der Waals surface area contributed by atoms with Crippen LogP contribution in [-0.4, -0.2) is 35.9 Å². The number of carbonyl (C=O) groups is 2. The molecule has 2 heterocycles. The molecular formula is C31H23N5O6S. The first-order chi connectivity index (χ1) is 20.8. The van der Waals surface area contributed by atoms with E-state index in [0.29, 0.717) is 16.9 Å². The third-order valence-corrected chi connectivity index (χ3v) is 7.46. The van der Waals surface area contributed by atoms with Crippen LogP contribution in [0.1, 0.15) is 31.2 Å². The van der Waals surface area contributed by atoms with Crippen LogP contribution in [0.2, 0.25) is 0 Å². The Labute approximate surface area is 249 Å². The molecule has 12 heteroatoms. The number of imide groups is 1. The molecule has 0 spiro atoms. The minimum Gasteiger partial charge on any atom is -0.497 e. The molecular weight excluding hydrogens is 570 g/mol. The molecule has 214 valence electrons. The van der Waals surface area contributed by atoms with Gasteiger partial charge >= 0.3 is 0 Å². The molecule has 0 bridgehead atoms. The van der Waals surface area contributed by atoms with Gasteiger partial charge in [-0.25, -0.2) is 9.88 Å². The highest BCUT2D eigenvalue weighted by atomic mass is 32.1. The predicted octanol–water partition coefficient (Wildman–Crippen LogP) is 6.19. The summed E-state index contributed by atoms with van der Waals surface area (Å²) in [5.41, 5.74) is 0.396. The van der Waals surface area contributed by atoms with Crippen LogP contribution in [0.3, 0.4) is 0 Å². The maximum absolute atomic E-state index is 14.1. The number of rotatable bonds is 9. The lowest BCUT2D eigenvalue weighted by atomic mass is 10.1. The second-order valence-corrected chi connectivity index (χ2v) is 10.1. The molecule has 0 fully saturated rings. The Morgan fingerprint density at radius 2 is 1.58 bits per heavy atom. The number of aromatic nitrogens is 1. The number of carbonyl (C=O) groups excluding carboxylic acids is 2. The highest BCUT2D eigenvalue weighted by Crippen LogP contribution is 2.36. The first-order valence-electron chi connectivity index (χ1n) is 12.8. The Bertz CT molecular complexity index is 1810. The van der Waals surface area contributed by atoms with Crippen molar-refractivity contribution in [2.75, 3.05) is 24.4 Å². The summed E-state index contributed by atoms with van der Waals surface area (Å²) in [5.74, 6) is -0.685. The van der Waals surface area contributed by atoms with Gasteiger partial charge in [0.2, 0.25) is 0 Å². The zero-order valence-electron chi connectivity index (χ0n) is 22.9. The number of non-ortho nitro benzene ring substituents is 1. The number of methoxy groups -OCH3 is 2. The molecule has 2 amide bonds. The summed E-state index contributed by atoms with van der Waals surface area (Å²) in [5, 5.41) is 27.4. The van der Waals surface area contributed by atoms with Gasteiger partial charge in [0.25, 0.3) is 17.5 Å². The Kier molecular flexibility index (Phi) is 8.27. The third-order valence-electron chi connectivity index (χ3n) is 6.58. The number of pyridine rings is 1. The van der Waals surface area contributed by atoms with Crippen LogP contribution in [0.25, 0.3) is 10.9 Å². The summed E-state index contributed by atoms with van der Waals surface area (Å²) >= 11 is 1.48. The van der Waals surface area contributed by atoms with E-state index in [4.69, 9.17) is 9.47 Å². The number of fused-ring (bicyclic) bond motifs is 1. The molecule has 0 unspecified atom stereocenters. The molecule has 5 aromatic rings. The zero-order chi connectivity index (χ0) is 30.5. The van der Waals surface area contributed by atoms with Crippen LogP contribution in [0.4, 0.5) is 17.2 Å². The van der Waals surface area contributed by atoms with Gasteiger partial charge in [0.05, 0.1) is 30.3 Å². The molecule has 0 saturated carbocycles. The van der Waals surface area contributed by atoms with E-state index < -0.39 is 16.7 Å². The van der Waals surface area contributed by atoms with Gasteiger partial charge in [0.15, 0.2) is 5.82 Å². The van der Waals surface area contributed by atoms with E-state index in [2.05, 4.69) is 16.4 Å². The summed E-state index contributed by atoms with van der Waals surface area (Å²) in [4.78, 5) is 45.5. The molecule has 0 aliphatic carbocycles. The molecule has 0 radical (unpaired) electrons. The quantitative estimate of drug-likeness (QED) is 0.120. The third kappa shape index (κ3) is 5.83. The van der Waals surface area contributed by atoms with E-state index in [1.807, 2.05) is 17.5 Å². The number of anilines is 2. The van der Waals surface area contributed by atoms with Gasteiger partial charge in [-0.15, -0.1) is 11.3 Å². The Balaban J connectivity index is 1.74. The van der Waals surface area contributed by atoms with Gasteiger partial charge < -0.3 is 14.8 Å². The zero-order valence-corrected chi connectivity index (χ0v) is 23.8. The van der Waals surface area contributed by atoms with Crippen LogP contribution < -0.4 is 19.7 Å². The van der Waals surface area contributed by atoms with Crippen LogP contribution in [0.15, 0.2) is 84.2 Å². The lowest BCUT2D eigenvalue weighted by Crippen LogP contribution is -2.38. The second kappa shape index (κ2) is 12.4. The molecule has 3 aromatic carbocycles. The van der Waals surface area contributed by atoms with Gasteiger partial charge in [-0.05, 0) is 66.0 Å². The monoisotopic (exact) mass is 593 g/mol. The number of nitro benzene ring substituents is 1. The van der Waals surface area contributed by atoms with Crippen molar-refractivity contribution in [3.05, 3.63) is 116 Å². The maximum atomic E-state index is 14.1. The number of thiophene rings is 1. The molecule has 5 rings (SSSR count). The normalized spacial score (nSPS) is 10.5. The lowest BCUT2D eigenvalue weighted by Gasteiger charge is -2.24. The van der Waals surface area contributed by atoms with Gasteiger partial charge in [0, 0.05) is 40.1 Å². The number of hydrogen-bond acceptors (Lipinski definition) is 10. The van der Waals surface area contributed by atoms with Crippen molar-refractivity contribution in [2.24, 2.45) is 0 Å². The molecule has 2 aromatic heterocycles. The second-order valence-electron chi connectivity index (χ2n) is 9.09. The number of ether oxygens (including phenoxy) is 2. The fourth-order valence-electron chi connectivity index (χ4n) is 4.40. The number of nitrogens with one attached hydrogen (secondary N) is 1. The van der Waals surface area contributed by atoms with Crippen LogP contribution in [0.5, 0.6) is 11.5 Å². The number of hydrogen-bond donors (Lipinski definition) is 1. The number of nitriles is 1. The van der Waals surface area contributed by atoms with E-state index in [1.165, 1.54) is 68.0 Å². The van der Waals surface area contributed by atoms with Gasteiger partial charge in [-0.2, -0.15) is 5.26 Å². The summed E-state index contributed by atoms with van der Waals surface area (Å²) < 4.78 is 10.4. The molecule has 1 N–H and O–H groups in total. The van der Waals surface area contributed by atoms with Crippen LogP contribution in [-0.2, 0) is 6.54 Å². The number of amides is 2. The van der Waals surface area contributed by atoms with Crippen molar-refractivity contribution in [1.82, 2.24) is 4.98 Å². The summed E-state index contributed by atoms with van der Waals surface area (Å²) in [6, 6.07) is 22.2. The molecule has 0 aliphatic rings. The lowest BCUT2D eigenvalue weighted by molar-refractivity contribution is -0.384. The largest absolute Gasteiger partial charge is 0.497 e. The van der Waals surface area contributed by atoms with Gasteiger partial charge in [0.1, 0.15) is 23.1 Å². The molecule has 11 nitrogen and oxygen atoms in total. The van der Waals surface area contributed by atoms with Crippen molar-refractivity contribution in [3.63, 3.8) is 0 Å². The molecule has 0 aliphatic heterocycles.